The molecule has 0 saturated carbocycles. The van der Waals surface area contributed by atoms with Crippen LogP contribution in [-0.4, -0.2) is 44.4 Å². The van der Waals surface area contributed by atoms with Crippen LogP contribution in [0.3, 0.4) is 0 Å². The summed E-state index contributed by atoms with van der Waals surface area (Å²) in [6.45, 7) is 0.392. The number of benzene rings is 3. The summed E-state index contributed by atoms with van der Waals surface area (Å²) in [5.41, 5.74) is 12.5. The van der Waals surface area contributed by atoms with Gasteiger partial charge < -0.3 is 40.8 Å². The fourth-order valence-electron chi connectivity index (χ4n) is 3.26. The summed E-state index contributed by atoms with van der Waals surface area (Å²) in [6.07, 6.45) is 0. The maximum absolute atomic E-state index is 12.9. The summed E-state index contributed by atoms with van der Waals surface area (Å²) in [5.74, 6) is -0.190. The first-order valence-corrected chi connectivity index (χ1v) is 12.4. The Morgan fingerprint density at radius 2 is 1.24 bits per heavy atom. The summed E-state index contributed by atoms with van der Waals surface area (Å²) in [5, 5.41) is 12.8. The SMILES string of the molecule is COc1cc(CNCc2ccc(F)cc2)cc(Cl)c1OCC(N)=O.COc1cc(CO)cc(Cl)c1OCC(N)=O.Cl. The maximum Gasteiger partial charge on any atom is 0.255 e. The first-order valence-electron chi connectivity index (χ1n) is 11.7. The summed E-state index contributed by atoms with van der Waals surface area (Å²) < 4.78 is 33.5. The van der Waals surface area contributed by atoms with E-state index in [0.29, 0.717) is 35.2 Å². The minimum Gasteiger partial charge on any atom is -0.493 e. The van der Waals surface area contributed by atoms with Gasteiger partial charge in [0.2, 0.25) is 0 Å². The average molecular weight is 635 g/mol. The topological polar surface area (TPSA) is 155 Å². The Bertz CT molecular complexity index is 1300. The number of primary amides is 2. The Labute approximate surface area is 253 Å². The molecule has 0 unspecified atom stereocenters. The minimum absolute atomic E-state index is 0. The van der Waals surface area contributed by atoms with Gasteiger partial charge in [0.15, 0.2) is 36.2 Å². The number of aliphatic hydroxyl groups excluding tert-OH is 1. The predicted molar refractivity (Wildman–Crippen MR) is 156 cm³/mol. The fraction of sp³-hybridized carbons (Fsp3) is 0.259. The zero-order valence-electron chi connectivity index (χ0n) is 22.2. The number of carbonyl (C=O) groups excluding carboxylic acids is 2. The van der Waals surface area contributed by atoms with Gasteiger partial charge in [-0.2, -0.15) is 0 Å². The average Bonchev–Trinajstić information content (AvgIpc) is 2.92. The van der Waals surface area contributed by atoms with Gasteiger partial charge in [-0.1, -0.05) is 35.3 Å². The lowest BCUT2D eigenvalue weighted by Gasteiger charge is -2.14. The van der Waals surface area contributed by atoms with Crippen LogP contribution in [-0.2, 0) is 29.3 Å². The van der Waals surface area contributed by atoms with Crippen LogP contribution in [0, 0.1) is 5.82 Å². The van der Waals surface area contributed by atoms with Crippen molar-refractivity contribution in [3.63, 3.8) is 0 Å². The molecule has 3 rings (SSSR count). The Kier molecular flexibility index (Phi) is 15.7. The van der Waals surface area contributed by atoms with Crippen LogP contribution in [0.1, 0.15) is 16.7 Å². The van der Waals surface area contributed by atoms with Gasteiger partial charge in [0.05, 0.1) is 30.9 Å². The van der Waals surface area contributed by atoms with Crippen molar-refractivity contribution in [1.29, 1.82) is 0 Å². The summed E-state index contributed by atoms with van der Waals surface area (Å²) >= 11 is 12.1. The van der Waals surface area contributed by atoms with Crippen molar-refractivity contribution in [2.75, 3.05) is 27.4 Å². The lowest BCUT2D eigenvalue weighted by atomic mass is 10.2. The molecule has 0 aliphatic heterocycles. The lowest BCUT2D eigenvalue weighted by Crippen LogP contribution is -2.20. The van der Waals surface area contributed by atoms with Crippen LogP contribution in [0.4, 0.5) is 4.39 Å². The van der Waals surface area contributed by atoms with Gasteiger partial charge in [0.1, 0.15) is 5.82 Å². The van der Waals surface area contributed by atoms with Crippen LogP contribution in [0.5, 0.6) is 23.0 Å². The van der Waals surface area contributed by atoms with Crippen molar-refractivity contribution in [3.8, 4) is 23.0 Å². The second-order valence-electron chi connectivity index (χ2n) is 8.12. The normalized spacial score (nSPS) is 10.0. The van der Waals surface area contributed by atoms with E-state index < -0.39 is 11.8 Å². The molecule has 0 spiro atoms. The predicted octanol–water partition coefficient (Wildman–Crippen LogP) is 3.77. The van der Waals surface area contributed by atoms with E-state index >= 15 is 0 Å². The number of rotatable bonds is 13. The molecule has 224 valence electrons. The van der Waals surface area contributed by atoms with Crippen molar-refractivity contribution in [1.82, 2.24) is 5.32 Å². The first kappa shape index (κ1) is 35.5. The molecule has 0 fully saturated rings. The van der Waals surface area contributed by atoms with E-state index in [0.717, 1.165) is 11.1 Å². The summed E-state index contributed by atoms with van der Waals surface area (Å²) in [4.78, 5) is 21.4. The van der Waals surface area contributed by atoms with Gasteiger partial charge in [0.25, 0.3) is 11.8 Å². The van der Waals surface area contributed by atoms with Gasteiger partial charge >= 0.3 is 0 Å². The number of carbonyl (C=O) groups is 2. The third-order valence-corrected chi connectivity index (χ3v) is 5.61. The standard InChI is InChI=1S/C17H18ClFN2O3.C10H12ClNO4.ClH/c1-23-15-7-12(6-14(18)17(15)24-10-16(20)22)9-21-8-11-2-4-13(19)5-3-11;1-15-8-3-6(4-13)2-7(11)10(8)16-5-9(12)14;/h2-7,21H,8-10H2,1H3,(H2,20,22);2-3,13H,4-5H2,1H3,(H2,12,14);1H. The highest BCUT2D eigenvalue weighted by molar-refractivity contribution is 6.32. The van der Waals surface area contributed by atoms with Crippen LogP contribution in [0.15, 0.2) is 48.5 Å². The van der Waals surface area contributed by atoms with Gasteiger partial charge in [-0.3, -0.25) is 9.59 Å². The lowest BCUT2D eigenvalue weighted by molar-refractivity contribution is -0.120. The van der Waals surface area contributed by atoms with E-state index in [1.165, 1.54) is 32.4 Å². The molecule has 0 heterocycles. The van der Waals surface area contributed by atoms with Crippen molar-refractivity contribution < 1.29 is 38.0 Å². The van der Waals surface area contributed by atoms with Crippen molar-refractivity contribution >= 4 is 47.4 Å². The number of nitrogens with two attached hydrogens (primary N) is 2. The molecule has 0 aliphatic carbocycles. The van der Waals surface area contributed by atoms with E-state index in [9.17, 15) is 14.0 Å². The van der Waals surface area contributed by atoms with E-state index in [2.05, 4.69) is 5.32 Å². The minimum atomic E-state index is -0.607. The molecule has 0 saturated heterocycles. The van der Waals surface area contributed by atoms with Crippen molar-refractivity contribution in [3.05, 3.63) is 81.1 Å². The second-order valence-corrected chi connectivity index (χ2v) is 8.93. The zero-order valence-corrected chi connectivity index (χ0v) is 24.6. The molecule has 14 heteroatoms. The number of aliphatic hydroxyl groups is 1. The molecule has 0 radical (unpaired) electrons. The molecular weight excluding hydrogens is 604 g/mol. The third kappa shape index (κ3) is 11.9. The molecule has 2 amide bonds. The smallest absolute Gasteiger partial charge is 0.255 e. The molecule has 0 atom stereocenters. The van der Waals surface area contributed by atoms with Gasteiger partial charge in [-0.15, -0.1) is 12.4 Å². The molecule has 0 aromatic heterocycles. The molecular formula is C27H31Cl3FN3O7. The molecule has 0 bridgehead atoms. The van der Waals surface area contributed by atoms with Gasteiger partial charge in [-0.25, -0.2) is 4.39 Å². The number of methoxy groups -OCH3 is 2. The van der Waals surface area contributed by atoms with Crippen molar-refractivity contribution in [2.24, 2.45) is 11.5 Å². The highest BCUT2D eigenvalue weighted by Gasteiger charge is 2.14. The fourth-order valence-corrected chi connectivity index (χ4v) is 3.84. The van der Waals surface area contributed by atoms with E-state index in [1.807, 2.05) is 0 Å². The van der Waals surface area contributed by atoms with Crippen molar-refractivity contribution in [2.45, 2.75) is 19.7 Å². The number of hydrogen-bond donors (Lipinski definition) is 4. The number of hydrogen-bond acceptors (Lipinski definition) is 8. The van der Waals surface area contributed by atoms with Crippen LogP contribution < -0.4 is 35.7 Å². The van der Waals surface area contributed by atoms with Crippen LogP contribution in [0.2, 0.25) is 10.0 Å². The molecule has 3 aromatic rings. The summed E-state index contributed by atoms with van der Waals surface area (Å²) in [7, 11) is 2.92. The number of ether oxygens (including phenoxy) is 4. The highest BCUT2D eigenvalue weighted by atomic mass is 35.5. The largest absolute Gasteiger partial charge is 0.493 e. The van der Waals surface area contributed by atoms with Crippen LogP contribution >= 0.6 is 35.6 Å². The molecule has 41 heavy (non-hydrogen) atoms. The van der Waals surface area contributed by atoms with Gasteiger partial charge in [-0.05, 0) is 53.1 Å². The molecule has 10 nitrogen and oxygen atoms in total. The quantitative estimate of drug-likeness (QED) is 0.222. The first-order chi connectivity index (χ1) is 19.1. The maximum atomic E-state index is 12.9. The highest BCUT2D eigenvalue weighted by Crippen LogP contribution is 2.37. The third-order valence-electron chi connectivity index (χ3n) is 5.05. The number of amides is 2. The molecule has 6 N–H and O–H groups in total. The molecule has 3 aromatic carbocycles. The number of nitrogens with one attached hydrogen (secondary N) is 1. The Balaban J connectivity index is 0.000000433. The Morgan fingerprint density at radius 3 is 1.68 bits per heavy atom. The van der Waals surface area contributed by atoms with Gasteiger partial charge in [0, 0.05) is 13.1 Å². The van der Waals surface area contributed by atoms with E-state index in [1.54, 1.807) is 30.3 Å². The molecule has 0 aliphatic rings. The second kappa shape index (κ2) is 18.1. The number of halogens is 4. The van der Waals surface area contributed by atoms with E-state index in [-0.39, 0.29) is 54.6 Å². The Hall–Kier alpha value is -3.48. The van der Waals surface area contributed by atoms with E-state index in [4.69, 9.17) is 58.7 Å². The summed E-state index contributed by atoms with van der Waals surface area (Å²) in [6, 6.07) is 12.9. The Morgan fingerprint density at radius 1 is 0.805 bits per heavy atom. The zero-order chi connectivity index (χ0) is 29.7. The van der Waals surface area contributed by atoms with Crippen LogP contribution in [0.25, 0.3) is 0 Å². The monoisotopic (exact) mass is 633 g/mol.